The van der Waals surface area contributed by atoms with Crippen LogP contribution < -0.4 is 33.6 Å². The van der Waals surface area contributed by atoms with E-state index in [2.05, 4.69) is 89.2 Å². The molecule has 11 aromatic rings. The number of hydrogen-bond donors (Lipinski definition) is 0. The molecule has 0 radical (unpaired) electrons. The van der Waals surface area contributed by atoms with Gasteiger partial charge in [0, 0.05) is 47.0 Å². The average molecular weight is 1080 g/mol. The summed E-state index contributed by atoms with van der Waals surface area (Å²) in [7, 11) is 0. The molecule has 0 unspecified atom stereocenters. The van der Waals surface area contributed by atoms with Crippen molar-refractivity contribution < 1.29 is 18.9 Å². The Morgan fingerprint density at radius 1 is 0.244 bits per heavy atom. The lowest BCUT2D eigenvalue weighted by Gasteiger charge is -2.35. The molecular weight excluding hydrogens is 1030 g/mol. The summed E-state index contributed by atoms with van der Waals surface area (Å²) in [4.78, 5) is 6.49. The Morgan fingerprint density at radius 2 is 0.500 bits per heavy atom. The first-order valence-electron chi connectivity index (χ1n) is 25.3. The van der Waals surface area contributed by atoms with Crippen molar-refractivity contribution in [2.45, 2.75) is 13.8 Å². The highest BCUT2D eigenvalue weighted by Crippen LogP contribution is 2.55. The number of hydrogen-bond acceptors (Lipinski definition) is 7. The van der Waals surface area contributed by atoms with E-state index < -0.39 is 0 Å². The zero-order valence-electron chi connectivity index (χ0n) is 42.5. The minimum absolute atomic E-state index is 0.284. The third-order valence-electron chi connectivity index (χ3n) is 12.9. The van der Waals surface area contributed by atoms with Crippen molar-refractivity contribution in [2.24, 2.45) is 0 Å². The Hall–Kier alpha value is -9.11. The molecule has 0 saturated carbocycles. The normalized spacial score (nSPS) is 10.9. The zero-order valence-corrected chi connectivity index (χ0v) is 44.8. The molecule has 0 N–H and O–H groups in total. The minimum atomic E-state index is 0.284. The standard InChI is InChI=1S/C68H50Cl3N3O4/c1-47-25-21-23-39-58(47)73(52-43-62(75-54-31-13-5-14-32-54)67(70)63(44-52)76-55-33-15-6-16-34-55)60-41-51(72(49-27-9-3-10-28-49)50-29-11-4-12-30-50)42-61(66(60)69)74(59-40-24-22-26-48(59)2)53-45-64(77-56-35-17-7-18-36-56)68(71)65(46-53)78-57-37-19-8-20-38-57/h3-46H,1-2H3. The summed E-state index contributed by atoms with van der Waals surface area (Å²) in [5.41, 5.74) is 8.73. The molecule has 0 aliphatic rings. The van der Waals surface area contributed by atoms with E-state index in [9.17, 15) is 0 Å². The van der Waals surface area contributed by atoms with Crippen LogP contribution in [0.1, 0.15) is 11.1 Å². The van der Waals surface area contributed by atoms with Crippen molar-refractivity contribution >= 4 is 86.0 Å². The number of nitrogens with zero attached hydrogens (tertiary/aromatic N) is 3. The van der Waals surface area contributed by atoms with Gasteiger partial charge in [0.15, 0.2) is 23.0 Å². The second-order valence-corrected chi connectivity index (χ2v) is 19.4. The van der Waals surface area contributed by atoms with Crippen molar-refractivity contribution in [1.82, 2.24) is 0 Å². The van der Waals surface area contributed by atoms with Crippen LogP contribution in [0, 0.1) is 13.8 Å². The monoisotopic (exact) mass is 1080 g/mol. The molecule has 78 heavy (non-hydrogen) atoms. The topological polar surface area (TPSA) is 46.6 Å². The van der Waals surface area contributed by atoms with Gasteiger partial charge in [-0.1, -0.05) is 180 Å². The molecule has 0 fully saturated rings. The third-order valence-corrected chi connectivity index (χ3v) is 14.0. The van der Waals surface area contributed by atoms with Gasteiger partial charge in [-0.05, 0) is 122 Å². The molecule has 10 heteroatoms. The lowest BCUT2D eigenvalue weighted by atomic mass is 10.1. The van der Waals surface area contributed by atoms with E-state index in [1.807, 2.05) is 206 Å². The van der Waals surface area contributed by atoms with Gasteiger partial charge in [0.1, 0.15) is 33.0 Å². The number of rotatable bonds is 17. The number of anilines is 9. The molecule has 0 atom stereocenters. The van der Waals surface area contributed by atoms with Crippen LogP contribution in [0.2, 0.25) is 15.1 Å². The molecule has 0 bridgehead atoms. The Labute approximate surface area is 469 Å². The van der Waals surface area contributed by atoms with Crippen molar-refractivity contribution in [3.05, 3.63) is 293 Å². The van der Waals surface area contributed by atoms with Gasteiger partial charge in [-0.25, -0.2) is 0 Å². The maximum Gasteiger partial charge on any atom is 0.151 e. The molecule has 0 aliphatic carbocycles. The van der Waals surface area contributed by atoms with Crippen LogP contribution in [0.15, 0.2) is 267 Å². The summed E-state index contributed by atoms with van der Waals surface area (Å²) in [5.74, 6) is 3.85. The Kier molecular flexibility index (Phi) is 15.3. The molecule has 0 amide bonds. The molecule has 11 aromatic carbocycles. The van der Waals surface area contributed by atoms with E-state index in [1.165, 1.54) is 0 Å². The predicted molar refractivity (Wildman–Crippen MR) is 321 cm³/mol. The first kappa shape index (κ1) is 51.0. The molecule has 382 valence electrons. The van der Waals surface area contributed by atoms with Crippen molar-refractivity contribution in [3.8, 4) is 46.0 Å². The second kappa shape index (κ2) is 23.4. The summed E-state index contributed by atoms with van der Waals surface area (Å²) < 4.78 is 26.7. The van der Waals surface area contributed by atoms with E-state index in [1.54, 1.807) is 0 Å². The lowest BCUT2D eigenvalue weighted by molar-refractivity contribution is 0.460. The first-order valence-corrected chi connectivity index (χ1v) is 26.4. The largest absolute Gasteiger partial charge is 0.456 e. The molecule has 7 nitrogen and oxygen atoms in total. The first-order chi connectivity index (χ1) is 38.3. The molecule has 0 heterocycles. The highest BCUT2D eigenvalue weighted by atomic mass is 35.5. The van der Waals surface area contributed by atoms with Crippen LogP contribution in [0.4, 0.5) is 51.2 Å². The quantitative estimate of drug-likeness (QED) is 0.0900. The minimum Gasteiger partial charge on any atom is -0.456 e. The Balaban J connectivity index is 1.23. The molecule has 11 rings (SSSR count). The van der Waals surface area contributed by atoms with Crippen molar-refractivity contribution in [1.29, 1.82) is 0 Å². The zero-order chi connectivity index (χ0) is 53.4. The number of halogens is 3. The van der Waals surface area contributed by atoms with Crippen LogP contribution in [-0.4, -0.2) is 0 Å². The van der Waals surface area contributed by atoms with Gasteiger partial charge in [-0.3, -0.25) is 0 Å². The predicted octanol–water partition coefficient (Wildman–Crippen LogP) is 21.8. The lowest BCUT2D eigenvalue weighted by Crippen LogP contribution is -2.18. The average Bonchev–Trinajstić information content (AvgIpc) is 3.66. The molecule has 0 saturated heterocycles. The van der Waals surface area contributed by atoms with E-state index >= 15 is 0 Å². The summed E-state index contributed by atoms with van der Waals surface area (Å²) in [6.45, 7) is 4.16. The van der Waals surface area contributed by atoms with Crippen LogP contribution >= 0.6 is 34.8 Å². The smallest absolute Gasteiger partial charge is 0.151 e. The number of para-hydroxylation sites is 8. The summed E-state index contributed by atoms with van der Waals surface area (Å²) in [5, 5.41) is 0.960. The highest BCUT2D eigenvalue weighted by molar-refractivity contribution is 6.37. The van der Waals surface area contributed by atoms with Crippen LogP contribution in [0.25, 0.3) is 0 Å². The summed E-state index contributed by atoms with van der Waals surface area (Å²) >= 11 is 23.1. The van der Waals surface area contributed by atoms with Crippen LogP contribution in [0.3, 0.4) is 0 Å². The van der Waals surface area contributed by atoms with Crippen molar-refractivity contribution in [2.75, 3.05) is 14.7 Å². The van der Waals surface area contributed by atoms with Gasteiger partial charge in [0.05, 0.1) is 33.5 Å². The second-order valence-electron chi connectivity index (χ2n) is 18.2. The summed E-state index contributed by atoms with van der Waals surface area (Å²) in [6.07, 6.45) is 0. The summed E-state index contributed by atoms with van der Waals surface area (Å²) in [6, 6.07) is 87.1. The number of aryl methyl sites for hydroxylation is 2. The van der Waals surface area contributed by atoms with Gasteiger partial charge >= 0.3 is 0 Å². The van der Waals surface area contributed by atoms with E-state index in [0.29, 0.717) is 73.8 Å². The van der Waals surface area contributed by atoms with E-state index in [0.717, 1.165) is 39.6 Å². The van der Waals surface area contributed by atoms with Crippen molar-refractivity contribution in [3.63, 3.8) is 0 Å². The fraction of sp³-hybridized carbons (Fsp3) is 0.0294. The Bertz CT molecular complexity index is 3450. The van der Waals surface area contributed by atoms with Crippen LogP contribution in [0.5, 0.6) is 46.0 Å². The van der Waals surface area contributed by atoms with E-state index in [-0.39, 0.29) is 10.0 Å². The molecule has 0 spiro atoms. The maximum atomic E-state index is 8.33. The van der Waals surface area contributed by atoms with Gasteiger partial charge in [-0.2, -0.15) is 0 Å². The molecule has 0 aromatic heterocycles. The molecule has 0 aliphatic heterocycles. The van der Waals surface area contributed by atoms with Gasteiger partial charge < -0.3 is 33.6 Å². The van der Waals surface area contributed by atoms with Crippen LogP contribution in [-0.2, 0) is 0 Å². The van der Waals surface area contributed by atoms with Gasteiger partial charge in [0.25, 0.3) is 0 Å². The maximum absolute atomic E-state index is 8.33. The van der Waals surface area contributed by atoms with Gasteiger partial charge in [-0.15, -0.1) is 0 Å². The number of benzene rings is 11. The van der Waals surface area contributed by atoms with Gasteiger partial charge in [0.2, 0.25) is 0 Å². The fourth-order valence-electron chi connectivity index (χ4n) is 9.21. The Morgan fingerprint density at radius 3 is 0.795 bits per heavy atom. The highest BCUT2D eigenvalue weighted by Gasteiger charge is 2.30. The SMILES string of the molecule is Cc1ccccc1N(c1cc(Oc2ccccc2)c(Cl)c(Oc2ccccc2)c1)c1cc(N(c2ccccc2)c2ccccc2)cc(N(c2cc(Oc3ccccc3)c(Cl)c(Oc3ccccc3)c2)c2ccccc2C)c1Cl. The van der Waals surface area contributed by atoms with E-state index in [4.69, 9.17) is 53.8 Å². The fourth-order valence-corrected chi connectivity index (χ4v) is 9.86. The molecular formula is C68H50Cl3N3O4. The number of ether oxygens (including phenoxy) is 4. The third kappa shape index (κ3) is 11.2.